The first-order chi connectivity index (χ1) is 14.3. The van der Waals surface area contributed by atoms with Crippen LogP contribution in [0.15, 0.2) is 36.4 Å². The number of likely N-dealkylation sites (tertiary alicyclic amines) is 1. The van der Waals surface area contributed by atoms with E-state index in [1.165, 1.54) is 12.5 Å². The van der Waals surface area contributed by atoms with Gasteiger partial charge in [0.1, 0.15) is 6.04 Å². The van der Waals surface area contributed by atoms with E-state index in [1.807, 2.05) is 24.3 Å². The maximum absolute atomic E-state index is 12.6. The predicted octanol–water partition coefficient (Wildman–Crippen LogP) is 3.02. The highest BCUT2D eigenvalue weighted by molar-refractivity contribution is 6.08. The van der Waals surface area contributed by atoms with E-state index >= 15 is 0 Å². The summed E-state index contributed by atoms with van der Waals surface area (Å²) in [6.07, 6.45) is 5.81. The minimum absolute atomic E-state index is 0.343. The fraction of sp³-hybridized carbons (Fsp3) is 0.478. The maximum atomic E-state index is 12.6. The van der Waals surface area contributed by atoms with Gasteiger partial charge in [0.2, 0.25) is 11.8 Å². The van der Waals surface area contributed by atoms with E-state index in [2.05, 4.69) is 19.2 Å². The SMILES string of the molecule is CC[C@H](C)c1ccc(NC(=O)COC(=O)[C@H](C)N2C(=O)[C@H]3CC=CC[C@@H]3C2=O)cc1. The molecule has 2 aliphatic rings. The summed E-state index contributed by atoms with van der Waals surface area (Å²) >= 11 is 0. The number of rotatable bonds is 7. The Kier molecular flexibility index (Phi) is 6.70. The summed E-state index contributed by atoms with van der Waals surface area (Å²) in [5.74, 6) is -2.31. The Hall–Kier alpha value is -2.96. The van der Waals surface area contributed by atoms with Gasteiger partial charge in [-0.05, 0) is 49.8 Å². The van der Waals surface area contributed by atoms with Crippen molar-refractivity contribution < 1.29 is 23.9 Å². The van der Waals surface area contributed by atoms with Crippen molar-refractivity contribution in [2.45, 2.75) is 52.0 Å². The number of carbonyl (C=O) groups is 4. The molecule has 7 heteroatoms. The topological polar surface area (TPSA) is 92.8 Å². The third-order valence-corrected chi connectivity index (χ3v) is 5.99. The zero-order valence-electron chi connectivity index (χ0n) is 17.6. The van der Waals surface area contributed by atoms with E-state index in [4.69, 9.17) is 4.74 Å². The Morgan fingerprint density at radius 1 is 1.07 bits per heavy atom. The number of esters is 1. The van der Waals surface area contributed by atoms with Gasteiger partial charge in [0, 0.05) is 5.69 Å². The Morgan fingerprint density at radius 2 is 1.63 bits per heavy atom. The second-order valence-electron chi connectivity index (χ2n) is 7.97. The lowest BCUT2D eigenvalue weighted by molar-refractivity contribution is -0.159. The summed E-state index contributed by atoms with van der Waals surface area (Å²) in [7, 11) is 0. The molecule has 7 nitrogen and oxygen atoms in total. The number of fused-ring (bicyclic) bond motifs is 1. The number of hydrogen-bond acceptors (Lipinski definition) is 5. The van der Waals surface area contributed by atoms with Crippen molar-refractivity contribution in [2.75, 3.05) is 11.9 Å². The number of amides is 3. The molecule has 1 aliphatic heterocycles. The summed E-state index contributed by atoms with van der Waals surface area (Å²) < 4.78 is 5.07. The molecule has 1 N–H and O–H groups in total. The normalized spacial score (nSPS) is 22.4. The fourth-order valence-electron chi connectivity index (χ4n) is 3.90. The number of ether oxygens (including phenoxy) is 1. The molecule has 1 fully saturated rings. The second kappa shape index (κ2) is 9.24. The minimum Gasteiger partial charge on any atom is -0.454 e. The van der Waals surface area contributed by atoms with Gasteiger partial charge < -0.3 is 10.1 Å². The molecule has 0 bridgehead atoms. The van der Waals surface area contributed by atoms with E-state index < -0.39 is 36.4 Å². The molecule has 3 rings (SSSR count). The average Bonchev–Trinajstić information content (AvgIpc) is 3.02. The molecular weight excluding hydrogens is 384 g/mol. The van der Waals surface area contributed by atoms with Gasteiger partial charge in [-0.3, -0.25) is 19.3 Å². The van der Waals surface area contributed by atoms with Crippen LogP contribution in [0.2, 0.25) is 0 Å². The average molecular weight is 412 g/mol. The molecule has 30 heavy (non-hydrogen) atoms. The first-order valence-corrected chi connectivity index (χ1v) is 10.4. The molecule has 0 spiro atoms. The highest BCUT2D eigenvalue weighted by atomic mass is 16.5. The summed E-state index contributed by atoms with van der Waals surface area (Å²) in [6, 6.07) is 6.47. The second-order valence-corrected chi connectivity index (χ2v) is 7.97. The van der Waals surface area contributed by atoms with Gasteiger partial charge in [-0.15, -0.1) is 0 Å². The van der Waals surface area contributed by atoms with Crippen LogP contribution in [0.3, 0.4) is 0 Å². The van der Waals surface area contributed by atoms with Crippen LogP contribution in [0.5, 0.6) is 0 Å². The number of benzene rings is 1. The lowest BCUT2D eigenvalue weighted by Crippen LogP contribution is -2.45. The smallest absolute Gasteiger partial charge is 0.329 e. The third-order valence-electron chi connectivity index (χ3n) is 5.99. The molecule has 1 aromatic rings. The molecule has 0 unspecified atom stereocenters. The largest absolute Gasteiger partial charge is 0.454 e. The Morgan fingerprint density at radius 3 is 2.17 bits per heavy atom. The van der Waals surface area contributed by atoms with Gasteiger partial charge in [-0.25, -0.2) is 4.79 Å². The van der Waals surface area contributed by atoms with Crippen LogP contribution in [0.1, 0.15) is 51.5 Å². The van der Waals surface area contributed by atoms with Crippen molar-refractivity contribution in [3.05, 3.63) is 42.0 Å². The van der Waals surface area contributed by atoms with Crippen molar-refractivity contribution in [1.29, 1.82) is 0 Å². The molecule has 1 aromatic carbocycles. The van der Waals surface area contributed by atoms with Gasteiger partial charge in [0.25, 0.3) is 5.91 Å². The van der Waals surface area contributed by atoms with Crippen molar-refractivity contribution in [2.24, 2.45) is 11.8 Å². The third kappa shape index (κ3) is 4.45. The number of anilines is 1. The van der Waals surface area contributed by atoms with E-state index in [0.29, 0.717) is 24.4 Å². The predicted molar refractivity (Wildman–Crippen MR) is 111 cm³/mol. The van der Waals surface area contributed by atoms with Crippen LogP contribution in [-0.4, -0.2) is 41.2 Å². The zero-order chi connectivity index (χ0) is 21.8. The highest BCUT2D eigenvalue weighted by Gasteiger charge is 2.50. The fourth-order valence-corrected chi connectivity index (χ4v) is 3.90. The van der Waals surface area contributed by atoms with Gasteiger partial charge in [-0.1, -0.05) is 38.1 Å². The van der Waals surface area contributed by atoms with Crippen molar-refractivity contribution in [3.8, 4) is 0 Å². The number of allylic oxidation sites excluding steroid dienone is 2. The molecule has 1 heterocycles. The van der Waals surface area contributed by atoms with Gasteiger partial charge in [-0.2, -0.15) is 0 Å². The molecule has 0 aromatic heterocycles. The molecule has 0 saturated carbocycles. The molecule has 4 atom stereocenters. The summed E-state index contributed by atoms with van der Waals surface area (Å²) in [5, 5.41) is 2.68. The van der Waals surface area contributed by atoms with Gasteiger partial charge >= 0.3 is 5.97 Å². The van der Waals surface area contributed by atoms with E-state index in [0.717, 1.165) is 11.3 Å². The molecule has 1 saturated heterocycles. The number of hydrogen-bond donors (Lipinski definition) is 1. The quantitative estimate of drug-likeness (QED) is 0.422. The number of nitrogens with one attached hydrogen (secondary N) is 1. The lowest BCUT2D eigenvalue weighted by Gasteiger charge is -2.21. The van der Waals surface area contributed by atoms with E-state index in [1.54, 1.807) is 12.1 Å². The zero-order valence-corrected chi connectivity index (χ0v) is 17.6. The number of nitrogens with zero attached hydrogens (tertiary/aromatic N) is 1. The summed E-state index contributed by atoms with van der Waals surface area (Å²) in [6.45, 7) is 5.22. The first-order valence-electron chi connectivity index (χ1n) is 10.4. The Bertz CT molecular complexity index is 835. The van der Waals surface area contributed by atoms with Gasteiger partial charge in [0.15, 0.2) is 6.61 Å². The van der Waals surface area contributed by atoms with Crippen LogP contribution >= 0.6 is 0 Å². The molecule has 0 radical (unpaired) electrons. The minimum atomic E-state index is -1.06. The monoisotopic (exact) mass is 412 g/mol. The van der Waals surface area contributed by atoms with Crippen LogP contribution in [0.4, 0.5) is 5.69 Å². The van der Waals surface area contributed by atoms with Crippen LogP contribution in [-0.2, 0) is 23.9 Å². The van der Waals surface area contributed by atoms with Crippen molar-refractivity contribution in [1.82, 2.24) is 4.90 Å². The van der Waals surface area contributed by atoms with E-state index in [-0.39, 0.29) is 11.8 Å². The molecule has 3 amide bonds. The van der Waals surface area contributed by atoms with Crippen LogP contribution < -0.4 is 5.32 Å². The lowest BCUT2D eigenvalue weighted by atomic mass is 9.85. The highest BCUT2D eigenvalue weighted by Crippen LogP contribution is 2.36. The summed E-state index contributed by atoms with van der Waals surface area (Å²) in [4.78, 5) is 50.6. The Balaban J connectivity index is 1.52. The van der Waals surface area contributed by atoms with Crippen molar-refractivity contribution >= 4 is 29.4 Å². The molecule has 1 aliphatic carbocycles. The van der Waals surface area contributed by atoms with Gasteiger partial charge in [0.05, 0.1) is 11.8 Å². The first kappa shape index (κ1) is 21.7. The van der Waals surface area contributed by atoms with Crippen molar-refractivity contribution in [3.63, 3.8) is 0 Å². The standard InChI is InChI=1S/C23H28N2O5/c1-4-14(2)16-9-11-17(12-10-16)24-20(26)13-30-23(29)15(3)25-21(27)18-7-5-6-8-19(18)22(25)28/h5-6,9-12,14-15,18-19H,4,7-8,13H2,1-3H3,(H,24,26)/t14-,15-,18-,19-/m0/s1. The summed E-state index contributed by atoms with van der Waals surface area (Å²) in [5.41, 5.74) is 1.80. The maximum Gasteiger partial charge on any atom is 0.329 e. The molecule has 160 valence electrons. The number of carbonyl (C=O) groups excluding carboxylic acids is 4. The van der Waals surface area contributed by atoms with Crippen LogP contribution in [0.25, 0.3) is 0 Å². The number of imide groups is 1. The van der Waals surface area contributed by atoms with E-state index in [9.17, 15) is 19.2 Å². The Labute approximate surface area is 176 Å². The van der Waals surface area contributed by atoms with Crippen LogP contribution in [0, 0.1) is 11.8 Å². The molecular formula is C23H28N2O5.